The topological polar surface area (TPSA) is 124 Å². The number of carbonyl (C=O) groups excluding carboxylic acids is 2. The summed E-state index contributed by atoms with van der Waals surface area (Å²) >= 11 is 0. The smallest absolute Gasteiger partial charge is 0.378 e. The van der Waals surface area contributed by atoms with Crippen molar-refractivity contribution in [1.82, 2.24) is 0 Å². The summed E-state index contributed by atoms with van der Waals surface area (Å²) in [6, 6.07) is 0. The molecule has 2 atom stereocenters. The summed E-state index contributed by atoms with van der Waals surface area (Å²) < 4.78 is 4.79. The van der Waals surface area contributed by atoms with Crippen molar-refractivity contribution < 1.29 is 34.8 Å². The number of rotatable bonds is 19. The zero-order valence-corrected chi connectivity index (χ0v) is 19.1. The zero-order valence-electron chi connectivity index (χ0n) is 19.1. The van der Waals surface area contributed by atoms with Crippen LogP contribution in [0, 0.1) is 0 Å². The van der Waals surface area contributed by atoms with Gasteiger partial charge in [-0.3, -0.25) is 4.79 Å². The molecule has 0 aliphatic carbocycles. The van der Waals surface area contributed by atoms with Gasteiger partial charge in [0.2, 0.25) is 5.76 Å². The van der Waals surface area contributed by atoms with Crippen molar-refractivity contribution in [3.05, 3.63) is 11.5 Å². The predicted octanol–water partition coefficient (Wildman–Crippen LogP) is 4.79. The Morgan fingerprint density at radius 1 is 0.839 bits per heavy atom. The molecule has 1 aliphatic rings. The maximum Gasteiger partial charge on any atom is 0.378 e. The van der Waals surface area contributed by atoms with E-state index in [1.54, 1.807) is 0 Å². The molecule has 0 bridgehead atoms. The van der Waals surface area contributed by atoms with Crippen LogP contribution in [0.4, 0.5) is 0 Å². The van der Waals surface area contributed by atoms with Crippen molar-refractivity contribution in [3.8, 4) is 0 Å². The van der Waals surface area contributed by atoms with Gasteiger partial charge in [-0.15, -0.1) is 0 Å². The number of ether oxygens (including phenoxy) is 1. The molecule has 0 radical (unpaired) electrons. The third-order valence-corrected chi connectivity index (χ3v) is 6.09. The number of ketones is 1. The number of Topliss-reactive ketones (excluding diaryl/α,β-unsaturated/α-hetero) is 1. The van der Waals surface area contributed by atoms with Crippen LogP contribution in [-0.2, 0) is 14.3 Å². The van der Waals surface area contributed by atoms with E-state index in [1.165, 1.54) is 70.6 Å². The Hall–Kier alpha value is -1.60. The van der Waals surface area contributed by atoms with Gasteiger partial charge >= 0.3 is 5.97 Å². The van der Waals surface area contributed by atoms with Crippen LogP contribution in [0.1, 0.15) is 110 Å². The maximum atomic E-state index is 12.5. The molecular formula is C24H42O7. The fraction of sp³-hybridized carbons (Fsp3) is 0.833. The fourth-order valence-corrected chi connectivity index (χ4v) is 4.09. The molecule has 0 spiro atoms. The lowest BCUT2D eigenvalue weighted by molar-refractivity contribution is -0.173. The average Bonchev–Trinajstić information content (AvgIpc) is 3.00. The molecular weight excluding hydrogens is 400 g/mol. The Bertz CT molecular complexity index is 572. The molecule has 0 aromatic rings. The summed E-state index contributed by atoms with van der Waals surface area (Å²) in [6.45, 7) is 1.35. The Balaban J connectivity index is 2.12. The van der Waals surface area contributed by atoms with E-state index in [4.69, 9.17) is 4.74 Å². The molecule has 1 rings (SSSR count). The summed E-state index contributed by atoms with van der Waals surface area (Å²) in [5, 5.41) is 38.6. The average molecular weight is 443 g/mol. The van der Waals surface area contributed by atoms with Crippen LogP contribution in [0.5, 0.6) is 0 Å². The standard InChI is InChI=1S/C24H42O7/c1-2-3-4-5-6-7-8-9-10-11-12-13-14-15-16-17-19(26)24(20(27)18-25)22(29)21(28)23(30)31-24/h20,25,27-29H,2-18H2,1H3/t20-,24+/m0/s1. The van der Waals surface area contributed by atoms with Gasteiger partial charge in [0.25, 0.3) is 5.60 Å². The van der Waals surface area contributed by atoms with Gasteiger partial charge in [-0.05, 0) is 6.42 Å². The lowest BCUT2D eigenvalue weighted by Crippen LogP contribution is -2.53. The fourth-order valence-electron chi connectivity index (χ4n) is 4.09. The molecule has 4 N–H and O–H groups in total. The van der Waals surface area contributed by atoms with E-state index in [0.29, 0.717) is 6.42 Å². The zero-order chi connectivity index (χ0) is 23.1. The first-order valence-electron chi connectivity index (χ1n) is 12.1. The molecule has 0 fully saturated rings. The van der Waals surface area contributed by atoms with Gasteiger partial charge in [0.15, 0.2) is 11.5 Å². The highest BCUT2D eigenvalue weighted by Crippen LogP contribution is 2.35. The summed E-state index contributed by atoms with van der Waals surface area (Å²) in [4.78, 5) is 24.1. The van der Waals surface area contributed by atoms with Gasteiger partial charge in [0.05, 0.1) is 6.61 Å². The van der Waals surface area contributed by atoms with Gasteiger partial charge in [-0.25, -0.2) is 4.79 Å². The SMILES string of the molecule is CCCCCCCCCCCCCCCCCC(=O)[C@]1([C@@H](O)CO)OC(=O)C(O)=C1O. The van der Waals surface area contributed by atoms with E-state index in [-0.39, 0.29) is 6.42 Å². The number of hydrogen-bond donors (Lipinski definition) is 4. The summed E-state index contributed by atoms with van der Waals surface area (Å²) in [7, 11) is 0. The second-order valence-corrected chi connectivity index (χ2v) is 8.64. The minimum Gasteiger partial charge on any atom is -0.505 e. The Morgan fingerprint density at radius 2 is 1.26 bits per heavy atom. The van der Waals surface area contributed by atoms with Crippen molar-refractivity contribution in [1.29, 1.82) is 0 Å². The van der Waals surface area contributed by atoms with Crippen LogP contribution < -0.4 is 0 Å². The number of aliphatic hydroxyl groups is 4. The lowest BCUT2D eigenvalue weighted by Gasteiger charge is -2.29. The van der Waals surface area contributed by atoms with E-state index in [2.05, 4.69) is 6.92 Å². The van der Waals surface area contributed by atoms with E-state index in [9.17, 15) is 30.0 Å². The van der Waals surface area contributed by atoms with E-state index < -0.39 is 41.6 Å². The van der Waals surface area contributed by atoms with Crippen molar-refractivity contribution in [2.45, 2.75) is 121 Å². The van der Waals surface area contributed by atoms with Gasteiger partial charge in [0, 0.05) is 6.42 Å². The molecule has 1 heterocycles. The van der Waals surface area contributed by atoms with E-state index in [1.807, 2.05) is 0 Å². The third-order valence-electron chi connectivity index (χ3n) is 6.09. The van der Waals surface area contributed by atoms with Crippen LogP contribution in [0.3, 0.4) is 0 Å². The minimum absolute atomic E-state index is 0.0278. The quantitative estimate of drug-likeness (QED) is 0.167. The number of cyclic esters (lactones) is 1. The minimum atomic E-state index is -2.40. The van der Waals surface area contributed by atoms with Gasteiger partial charge in [-0.1, -0.05) is 96.8 Å². The molecule has 0 aromatic carbocycles. The van der Waals surface area contributed by atoms with Gasteiger partial charge in [0.1, 0.15) is 6.10 Å². The number of aliphatic hydroxyl groups excluding tert-OH is 4. The summed E-state index contributed by atoms with van der Waals surface area (Å²) in [6.07, 6.45) is 16.0. The molecule has 1 aliphatic heterocycles. The molecule has 0 amide bonds. The summed E-state index contributed by atoms with van der Waals surface area (Å²) in [5.41, 5.74) is -2.40. The number of carbonyl (C=O) groups is 2. The first-order chi connectivity index (χ1) is 14.9. The monoisotopic (exact) mass is 442 g/mol. The largest absolute Gasteiger partial charge is 0.505 e. The Morgan fingerprint density at radius 3 is 1.61 bits per heavy atom. The number of esters is 1. The van der Waals surface area contributed by atoms with Crippen molar-refractivity contribution >= 4 is 11.8 Å². The van der Waals surface area contributed by atoms with E-state index >= 15 is 0 Å². The molecule has 0 aromatic heterocycles. The number of unbranched alkanes of at least 4 members (excludes halogenated alkanes) is 14. The molecule has 0 saturated heterocycles. The molecule has 7 nitrogen and oxygen atoms in total. The van der Waals surface area contributed by atoms with Crippen molar-refractivity contribution in [2.24, 2.45) is 0 Å². The summed E-state index contributed by atoms with van der Waals surface area (Å²) in [5.74, 6) is -4.13. The first kappa shape index (κ1) is 27.4. The Labute approximate surface area is 186 Å². The lowest BCUT2D eigenvalue weighted by atomic mass is 9.87. The predicted molar refractivity (Wildman–Crippen MR) is 119 cm³/mol. The third kappa shape index (κ3) is 8.45. The Kier molecular flexibility index (Phi) is 13.5. The van der Waals surface area contributed by atoms with Gasteiger partial charge < -0.3 is 25.2 Å². The highest BCUT2D eigenvalue weighted by atomic mass is 16.6. The molecule has 31 heavy (non-hydrogen) atoms. The molecule has 0 saturated carbocycles. The van der Waals surface area contributed by atoms with Crippen molar-refractivity contribution in [2.75, 3.05) is 6.61 Å². The van der Waals surface area contributed by atoms with Crippen LogP contribution in [0.25, 0.3) is 0 Å². The van der Waals surface area contributed by atoms with Crippen molar-refractivity contribution in [3.63, 3.8) is 0 Å². The number of hydrogen-bond acceptors (Lipinski definition) is 7. The highest BCUT2D eigenvalue weighted by Gasteiger charge is 2.58. The van der Waals surface area contributed by atoms with Crippen LogP contribution in [0.15, 0.2) is 11.5 Å². The first-order valence-corrected chi connectivity index (χ1v) is 12.1. The molecule has 7 heteroatoms. The van der Waals surface area contributed by atoms with Crippen LogP contribution in [-0.4, -0.2) is 50.5 Å². The normalized spacial score (nSPS) is 19.6. The highest BCUT2D eigenvalue weighted by molar-refractivity contribution is 6.01. The maximum absolute atomic E-state index is 12.5. The van der Waals surface area contributed by atoms with E-state index in [0.717, 1.165) is 19.3 Å². The second-order valence-electron chi connectivity index (χ2n) is 8.64. The molecule has 0 unspecified atom stereocenters. The van der Waals surface area contributed by atoms with Crippen LogP contribution >= 0.6 is 0 Å². The van der Waals surface area contributed by atoms with Crippen LogP contribution in [0.2, 0.25) is 0 Å². The van der Waals surface area contributed by atoms with Gasteiger partial charge in [-0.2, -0.15) is 0 Å². The second kappa shape index (κ2) is 15.2. The molecule has 180 valence electrons.